The van der Waals surface area contributed by atoms with E-state index in [1.807, 2.05) is 4.90 Å². The molecule has 0 radical (unpaired) electrons. The zero-order valence-corrected chi connectivity index (χ0v) is 13.0. The number of anilines is 1. The van der Waals surface area contributed by atoms with Gasteiger partial charge in [-0.3, -0.25) is 4.79 Å². The summed E-state index contributed by atoms with van der Waals surface area (Å²) in [6.07, 6.45) is 3.16. The topological polar surface area (TPSA) is 79.4 Å². The molecule has 1 saturated heterocycles. The molecule has 1 aromatic heterocycles. The van der Waals surface area contributed by atoms with Crippen LogP contribution in [0.25, 0.3) is 0 Å². The van der Waals surface area contributed by atoms with Crippen LogP contribution < -0.4 is 10.6 Å². The van der Waals surface area contributed by atoms with Gasteiger partial charge in [-0.2, -0.15) is 0 Å². The van der Waals surface area contributed by atoms with Crippen LogP contribution in [0.15, 0.2) is 6.33 Å². The van der Waals surface area contributed by atoms with E-state index in [2.05, 4.69) is 20.6 Å². The number of aromatic nitrogens is 2. The number of likely N-dealkylation sites (tertiary alicyclic amines) is 1. The van der Waals surface area contributed by atoms with Crippen molar-refractivity contribution < 1.29 is 9.53 Å². The van der Waals surface area contributed by atoms with Crippen molar-refractivity contribution in [1.82, 2.24) is 20.2 Å². The van der Waals surface area contributed by atoms with Crippen LogP contribution >= 0.6 is 0 Å². The number of carbonyl (C=O) groups is 1. The molecule has 7 nitrogen and oxygen atoms in total. The number of hydrogen-bond acceptors (Lipinski definition) is 6. The van der Waals surface area contributed by atoms with Gasteiger partial charge >= 0.3 is 0 Å². The Hall–Kier alpha value is -1.73. The molecule has 2 N–H and O–H groups in total. The number of methoxy groups -OCH3 is 1. The molecule has 2 aliphatic heterocycles. The van der Waals surface area contributed by atoms with Gasteiger partial charge in [0.25, 0.3) is 0 Å². The Bertz CT molecular complexity index is 537. The first-order chi connectivity index (χ1) is 10.8. The summed E-state index contributed by atoms with van der Waals surface area (Å²) >= 11 is 0. The second-order valence-electron chi connectivity index (χ2n) is 5.86. The largest absolute Gasteiger partial charge is 0.383 e. The molecule has 22 heavy (non-hydrogen) atoms. The van der Waals surface area contributed by atoms with E-state index >= 15 is 0 Å². The Morgan fingerprint density at radius 2 is 2.41 bits per heavy atom. The molecule has 0 aliphatic carbocycles. The lowest BCUT2D eigenvalue weighted by Gasteiger charge is -2.20. The van der Waals surface area contributed by atoms with Crippen LogP contribution in [0.1, 0.15) is 17.7 Å². The highest BCUT2D eigenvalue weighted by molar-refractivity contribution is 5.78. The summed E-state index contributed by atoms with van der Waals surface area (Å²) in [4.78, 5) is 22.5. The lowest BCUT2D eigenvalue weighted by Crippen LogP contribution is -2.29. The molecule has 0 spiro atoms. The molecular weight excluding hydrogens is 282 g/mol. The molecule has 1 unspecified atom stereocenters. The van der Waals surface area contributed by atoms with Gasteiger partial charge in [0.1, 0.15) is 12.1 Å². The Morgan fingerprint density at radius 3 is 3.27 bits per heavy atom. The number of rotatable bonds is 6. The molecule has 0 aromatic carbocycles. The number of nitrogens with zero attached hydrogens (tertiary/aromatic N) is 3. The average molecular weight is 305 g/mol. The van der Waals surface area contributed by atoms with Gasteiger partial charge in [0.15, 0.2) is 0 Å². The minimum Gasteiger partial charge on any atom is -0.383 e. The predicted molar refractivity (Wildman–Crippen MR) is 82.5 cm³/mol. The van der Waals surface area contributed by atoms with E-state index < -0.39 is 0 Å². The molecule has 120 valence electrons. The van der Waals surface area contributed by atoms with Gasteiger partial charge in [-0.15, -0.1) is 0 Å². The third kappa shape index (κ3) is 3.36. The maximum absolute atomic E-state index is 11.9. The van der Waals surface area contributed by atoms with E-state index in [0.29, 0.717) is 25.5 Å². The van der Waals surface area contributed by atoms with E-state index in [1.54, 1.807) is 13.4 Å². The SMILES string of the molecule is COCCN1CC(CNc2ncnc3c2CCNC3)CC1=O. The number of nitrogens with one attached hydrogen (secondary N) is 2. The maximum atomic E-state index is 11.9. The van der Waals surface area contributed by atoms with Crippen LogP contribution in [0.3, 0.4) is 0 Å². The second kappa shape index (κ2) is 7.02. The third-order valence-electron chi connectivity index (χ3n) is 4.30. The van der Waals surface area contributed by atoms with Crippen molar-refractivity contribution in [3.8, 4) is 0 Å². The van der Waals surface area contributed by atoms with Gasteiger partial charge < -0.3 is 20.3 Å². The van der Waals surface area contributed by atoms with Gasteiger partial charge in [-0.05, 0) is 13.0 Å². The van der Waals surface area contributed by atoms with E-state index in [4.69, 9.17) is 4.74 Å². The minimum absolute atomic E-state index is 0.220. The first kappa shape index (κ1) is 15.2. The Kier molecular flexibility index (Phi) is 4.84. The van der Waals surface area contributed by atoms with E-state index in [1.165, 1.54) is 5.56 Å². The number of ether oxygens (including phenoxy) is 1. The van der Waals surface area contributed by atoms with Gasteiger partial charge in [-0.1, -0.05) is 0 Å². The highest BCUT2D eigenvalue weighted by Crippen LogP contribution is 2.21. The zero-order valence-electron chi connectivity index (χ0n) is 13.0. The fraction of sp³-hybridized carbons (Fsp3) is 0.667. The number of carbonyl (C=O) groups excluding carboxylic acids is 1. The predicted octanol–water partition coefficient (Wildman–Crippen LogP) is 0.0291. The summed E-state index contributed by atoms with van der Waals surface area (Å²) < 4.78 is 5.05. The molecule has 3 heterocycles. The number of amides is 1. The lowest BCUT2D eigenvalue weighted by molar-refractivity contribution is -0.128. The highest BCUT2D eigenvalue weighted by atomic mass is 16.5. The van der Waals surface area contributed by atoms with Crippen molar-refractivity contribution in [3.63, 3.8) is 0 Å². The smallest absolute Gasteiger partial charge is 0.223 e. The van der Waals surface area contributed by atoms with Crippen molar-refractivity contribution in [2.45, 2.75) is 19.4 Å². The van der Waals surface area contributed by atoms with Crippen LogP contribution in [0.5, 0.6) is 0 Å². The highest BCUT2D eigenvalue weighted by Gasteiger charge is 2.29. The van der Waals surface area contributed by atoms with Gasteiger partial charge in [0.05, 0.1) is 12.3 Å². The van der Waals surface area contributed by atoms with E-state index in [0.717, 1.165) is 44.1 Å². The van der Waals surface area contributed by atoms with Gasteiger partial charge in [0.2, 0.25) is 5.91 Å². The van der Waals surface area contributed by atoms with Crippen molar-refractivity contribution in [2.75, 3.05) is 45.2 Å². The fourth-order valence-corrected chi connectivity index (χ4v) is 3.09. The molecule has 0 bridgehead atoms. The monoisotopic (exact) mass is 305 g/mol. The normalized spacial score (nSPS) is 21.0. The third-order valence-corrected chi connectivity index (χ3v) is 4.30. The average Bonchev–Trinajstić information content (AvgIpc) is 2.91. The molecule has 7 heteroatoms. The molecule has 1 atom stereocenters. The Morgan fingerprint density at radius 1 is 1.50 bits per heavy atom. The summed E-state index contributed by atoms with van der Waals surface area (Å²) in [6, 6.07) is 0. The first-order valence-electron chi connectivity index (χ1n) is 7.82. The molecule has 1 fully saturated rings. The van der Waals surface area contributed by atoms with Crippen LogP contribution in [-0.4, -0.2) is 60.7 Å². The second-order valence-corrected chi connectivity index (χ2v) is 5.86. The summed E-state index contributed by atoms with van der Waals surface area (Å²) in [7, 11) is 1.66. The lowest BCUT2D eigenvalue weighted by atomic mass is 10.1. The molecule has 0 saturated carbocycles. The quantitative estimate of drug-likeness (QED) is 0.772. The summed E-state index contributed by atoms with van der Waals surface area (Å²) in [5.41, 5.74) is 2.29. The minimum atomic E-state index is 0.220. The van der Waals surface area contributed by atoms with Crippen LogP contribution in [0, 0.1) is 5.92 Å². The number of hydrogen-bond donors (Lipinski definition) is 2. The first-order valence-corrected chi connectivity index (χ1v) is 7.82. The molecule has 3 rings (SSSR count). The Labute approximate surface area is 130 Å². The molecule has 2 aliphatic rings. The van der Waals surface area contributed by atoms with Crippen LogP contribution in [0.4, 0.5) is 5.82 Å². The van der Waals surface area contributed by atoms with Crippen molar-refractivity contribution in [1.29, 1.82) is 0 Å². The van der Waals surface area contributed by atoms with Crippen molar-refractivity contribution in [2.24, 2.45) is 5.92 Å². The Balaban J connectivity index is 1.56. The van der Waals surface area contributed by atoms with E-state index in [9.17, 15) is 4.79 Å². The summed E-state index contributed by atoms with van der Waals surface area (Å²) in [5, 5.41) is 6.74. The molecular formula is C15H23N5O2. The number of fused-ring (bicyclic) bond motifs is 1. The molecule has 1 aromatic rings. The van der Waals surface area contributed by atoms with Gasteiger partial charge in [-0.25, -0.2) is 9.97 Å². The molecule has 1 amide bonds. The summed E-state index contributed by atoms with van der Waals surface area (Å²) in [5.74, 6) is 1.48. The van der Waals surface area contributed by atoms with Crippen molar-refractivity contribution >= 4 is 11.7 Å². The van der Waals surface area contributed by atoms with E-state index in [-0.39, 0.29) is 5.91 Å². The maximum Gasteiger partial charge on any atom is 0.223 e. The van der Waals surface area contributed by atoms with Crippen molar-refractivity contribution in [3.05, 3.63) is 17.6 Å². The standard InChI is InChI=1S/C15H23N5O2/c1-22-5-4-20-9-11(6-14(20)21)7-17-15-12-2-3-16-8-13(12)18-10-19-15/h10-11,16H,2-9H2,1H3,(H,17,18,19). The fourth-order valence-electron chi connectivity index (χ4n) is 3.09. The summed E-state index contributed by atoms with van der Waals surface area (Å²) in [6.45, 7) is 4.61. The van der Waals surface area contributed by atoms with Crippen LogP contribution in [0.2, 0.25) is 0 Å². The van der Waals surface area contributed by atoms with Crippen LogP contribution in [-0.2, 0) is 22.5 Å². The van der Waals surface area contributed by atoms with Gasteiger partial charge in [0, 0.05) is 51.2 Å². The zero-order chi connectivity index (χ0) is 15.4.